The molecule has 0 amide bonds. The number of rotatable bonds is 16. The number of Topliss-reactive ketones (excluding diaryl/α,β-unsaturated/α-hetero) is 1. The highest BCUT2D eigenvalue weighted by molar-refractivity contribution is 8.11. The Morgan fingerprint density at radius 1 is 0.776 bits per heavy atom. The van der Waals surface area contributed by atoms with Crippen molar-refractivity contribution >= 4 is 86.3 Å². The third-order valence-corrected chi connectivity index (χ3v) is 14.4. The van der Waals surface area contributed by atoms with Crippen molar-refractivity contribution < 1.29 is 24.5 Å². The molecule has 0 fully saturated rings. The predicted molar refractivity (Wildman–Crippen MR) is 248 cm³/mol. The standard InChI is InChI=1S/C47H52Cl4O5S2/c1-27(2)13-15-55-25-46(5,6)41-21-29(19-39(57-41)31-9-11-35(48)37(50)23-31)17-33-43(52)34(45(54)44(33)53)18-30-20-40(32-10-12-36(49)38(51)24-32)58-42(22-30)47(7,8)26-56-16-14-28(3)4/h9-12,17-24,27-28,44,53H,13-16,25-26H2,1-8H3/p+1/t44-/m0/s1. The average Bonchev–Trinajstić information content (AvgIpc) is 3.35. The number of allylic oxidation sites excluding steroid dienone is 4. The molecule has 0 radical (unpaired) electrons. The zero-order valence-corrected chi connectivity index (χ0v) is 39.0. The van der Waals surface area contributed by atoms with Crippen molar-refractivity contribution in [3.63, 3.8) is 0 Å². The monoisotopic (exact) mass is 901 g/mol. The molecule has 1 aliphatic heterocycles. The summed E-state index contributed by atoms with van der Waals surface area (Å²) in [7, 11) is 0. The maximum atomic E-state index is 13.8. The number of hydrogen-bond acceptors (Lipinski definition) is 6. The van der Waals surface area contributed by atoms with Crippen LogP contribution in [0, 0.1) is 17.3 Å². The van der Waals surface area contributed by atoms with Gasteiger partial charge in [-0.2, -0.15) is 0 Å². The second kappa shape index (κ2) is 20.0. The van der Waals surface area contributed by atoms with Crippen molar-refractivity contribution in [2.24, 2.45) is 17.3 Å². The van der Waals surface area contributed by atoms with Gasteiger partial charge < -0.3 is 19.7 Å². The minimum absolute atomic E-state index is 0.0227. The molecule has 3 aromatic rings. The van der Waals surface area contributed by atoms with Gasteiger partial charge in [0.25, 0.3) is 0 Å². The smallest absolute Gasteiger partial charge is 0.238 e. The highest BCUT2D eigenvalue weighted by atomic mass is 35.5. The molecule has 1 atom stereocenters. The quantitative estimate of drug-likeness (QED) is 0.110. The summed E-state index contributed by atoms with van der Waals surface area (Å²) in [5, 5.41) is 24.9. The number of ether oxygens (including phenoxy) is 2. The third-order valence-electron chi connectivity index (χ3n) is 9.95. The van der Waals surface area contributed by atoms with Crippen molar-refractivity contribution in [2.45, 2.75) is 79.8 Å². The van der Waals surface area contributed by atoms with Crippen molar-refractivity contribution in [1.29, 1.82) is 0 Å². The van der Waals surface area contributed by atoms with Gasteiger partial charge in [0.15, 0.2) is 5.78 Å². The summed E-state index contributed by atoms with van der Waals surface area (Å²) in [6, 6.07) is 15.0. The van der Waals surface area contributed by atoms with Gasteiger partial charge in [0.05, 0.1) is 44.3 Å². The molecule has 2 heterocycles. The van der Waals surface area contributed by atoms with Gasteiger partial charge >= 0.3 is 0 Å². The number of hydrogen-bond donors (Lipinski definition) is 2. The van der Waals surface area contributed by atoms with E-state index in [0.29, 0.717) is 69.5 Å². The Kier molecular flexibility index (Phi) is 16.1. The number of ketones is 1. The minimum atomic E-state index is -1.56. The van der Waals surface area contributed by atoms with Gasteiger partial charge in [0, 0.05) is 46.8 Å². The molecule has 2 aromatic carbocycles. The molecular weight excluding hydrogens is 850 g/mol. The van der Waals surface area contributed by atoms with E-state index in [1.165, 1.54) is 0 Å². The molecule has 0 spiro atoms. The van der Waals surface area contributed by atoms with E-state index in [9.17, 15) is 15.0 Å². The van der Waals surface area contributed by atoms with E-state index in [0.717, 1.165) is 43.5 Å². The van der Waals surface area contributed by atoms with E-state index in [1.807, 2.05) is 48.6 Å². The summed E-state index contributed by atoms with van der Waals surface area (Å²) in [4.78, 5) is 17.6. The first-order valence-corrected chi connectivity index (χ1v) is 22.7. The van der Waals surface area contributed by atoms with Gasteiger partial charge in [-0.15, -0.1) is 0 Å². The summed E-state index contributed by atoms with van der Waals surface area (Å²) < 4.78 is 12.3. The van der Waals surface area contributed by atoms with Gasteiger partial charge in [0.2, 0.25) is 21.1 Å². The summed E-state index contributed by atoms with van der Waals surface area (Å²) in [5.74, 6) is 0.197. The lowest BCUT2D eigenvalue weighted by Gasteiger charge is -2.30. The zero-order valence-electron chi connectivity index (χ0n) is 34.4. The highest BCUT2D eigenvalue weighted by Crippen LogP contribution is 2.48. The Morgan fingerprint density at radius 3 is 1.93 bits per heavy atom. The number of halogens is 4. The number of aliphatic hydroxyl groups excluding tert-OH is 2. The fourth-order valence-corrected chi connectivity index (χ4v) is 9.23. The maximum Gasteiger partial charge on any atom is 0.238 e. The second-order valence-corrected chi connectivity index (χ2v) is 20.8. The first-order chi connectivity index (χ1) is 27.2. The van der Waals surface area contributed by atoms with Crippen molar-refractivity contribution in [3.8, 4) is 10.4 Å². The van der Waals surface area contributed by atoms with Crippen LogP contribution in [0.25, 0.3) is 21.4 Å². The second-order valence-electron chi connectivity index (χ2n) is 17.0. The molecule has 0 saturated carbocycles. The lowest BCUT2D eigenvalue weighted by molar-refractivity contribution is -0.120. The van der Waals surface area contributed by atoms with Crippen LogP contribution >= 0.6 is 69.5 Å². The van der Waals surface area contributed by atoms with E-state index in [1.54, 1.807) is 47.4 Å². The van der Waals surface area contributed by atoms with Gasteiger partial charge in [-0.05, 0) is 115 Å². The summed E-state index contributed by atoms with van der Waals surface area (Å²) in [6.45, 7) is 19.5. The maximum absolute atomic E-state index is 13.8. The fraction of sp³-hybridized carbons (Fsp3) is 0.404. The van der Waals surface area contributed by atoms with Crippen molar-refractivity contribution in [3.05, 3.63) is 130 Å². The Labute approximate surface area is 372 Å². The summed E-state index contributed by atoms with van der Waals surface area (Å²) in [5.41, 5.74) is 2.47. The van der Waals surface area contributed by atoms with Crippen LogP contribution in [0.3, 0.4) is 0 Å². The Morgan fingerprint density at radius 2 is 1.34 bits per heavy atom. The van der Waals surface area contributed by atoms with Crippen LogP contribution in [0.4, 0.5) is 0 Å². The van der Waals surface area contributed by atoms with Gasteiger partial charge in [-0.3, -0.25) is 4.79 Å². The molecule has 1 aromatic heterocycles. The molecule has 0 saturated heterocycles. The Balaban J connectivity index is 1.58. The number of thioether (sulfide) groups is 1. The van der Waals surface area contributed by atoms with Crippen LogP contribution in [0.15, 0.2) is 94.1 Å². The molecule has 0 unspecified atom stereocenters. The molecule has 0 bridgehead atoms. The number of benzene rings is 2. The summed E-state index contributed by atoms with van der Waals surface area (Å²) >= 11 is 28.7. The van der Waals surface area contributed by atoms with Crippen LogP contribution in [0.2, 0.25) is 20.1 Å². The Bertz CT molecular complexity index is 2180. The lowest BCUT2D eigenvalue weighted by Crippen LogP contribution is -2.24. The lowest BCUT2D eigenvalue weighted by atomic mass is 9.91. The van der Waals surface area contributed by atoms with Crippen LogP contribution < -0.4 is 0 Å². The molecule has 2 aliphatic rings. The van der Waals surface area contributed by atoms with E-state index in [2.05, 4.69) is 55.4 Å². The van der Waals surface area contributed by atoms with Gasteiger partial charge in [-0.25, -0.2) is 0 Å². The molecule has 58 heavy (non-hydrogen) atoms. The van der Waals surface area contributed by atoms with Gasteiger partial charge in [0.1, 0.15) is 11.9 Å². The third kappa shape index (κ3) is 11.9. The average molecular weight is 904 g/mol. The molecular formula is C47H53Cl4O5S2+. The van der Waals surface area contributed by atoms with E-state index in [-0.39, 0.29) is 27.7 Å². The summed E-state index contributed by atoms with van der Waals surface area (Å²) in [6.07, 6.45) is 7.65. The number of aliphatic hydroxyl groups is 2. The largest absolute Gasteiger partial charge is 0.507 e. The highest BCUT2D eigenvalue weighted by Gasteiger charge is 2.37. The van der Waals surface area contributed by atoms with E-state index >= 15 is 0 Å². The topological polar surface area (TPSA) is 76.0 Å². The number of carbonyl (C=O) groups is 1. The van der Waals surface area contributed by atoms with Crippen LogP contribution in [0.5, 0.6) is 0 Å². The minimum Gasteiger partial charge on any atom is -0.507 e. The van der Waals surface area contributed by atoms with Crippen molar-refractivity contribution in [2.75, 3.05) is 26.4 Å². The van der Waals surface area contributed by atoms with E-state index < -0.39 is 11.9 Å². The molecule has 5 nitrogen and oxygen atoms in total. The molecule has 11 heteroatoms. The number of carbonyl (C=O) groups excluding carboxylic acids is 1. The van der Waals surface area contributed by atoms with Gasteiger partial charge in [-0.1, -0.05) is 106 Å². The molecule has 2 N–H and O–H groups in total. The zero-order chi connectivity index (χ0) is 42.5. The van der Waals surface area contributed by atoms with Crippen LogP contribution in [0.1, 0.15) is 84.2 Å². The first-order valence-electron chi connectivity index (χ1n) is 19.5. The predicted octanol–water partition coefficient (Wildman–Crippen LogP) is 14.5. The Hall–Kier alpha value is -2.43. The van der Waals surface area contributed by atoms with Crippen LogP contribution in [-0.4, -0.2) is 48.5 Å². The normalized spacial score (nSPS) is 18.0. The molecule has 1 aliphatic carbocycles. The fourth-order valence-electron chi connectivity index (χ4n) is 6.22. The molecule has 5 rings (SSSR count). The van der Waals surface area contributed by atoms with E-state index in [4.69, 9.17) is 55.9 Å². The first kappa shape index (κ1) is 46.6. The van der Waals surface area contributed by atoms with Crippen LogP contribution in [-0.2, 0) is 19.7 Å². The SMILES string of the molecule is CC(C)CCOCC(C)(C)C1=CC(=CC2=C(O)C(=Cc3cc(-c4ccc(Cl)c(Cl)c4)[s+]c(C(C)(C)COCCC(C)C)c3)[C@H](O)C2=O)C=C(c2ccc(Cl)c(Cl)c2)S1. The molecule has 310 valence electrons. The van der Waals surface area contributed by atoms with Crippen molar-refractivity contribution in [1.82, 2.24) is 0 Å².